The zero-order valence-electron chi connectivity index (χ0n) is 44.4. The van der Waals surface area contributed by atoms with E-state index in [1.54, 1.807) is 0 Å². The summed E-state index contributed by atoms with van der Waals surface area (Å²) < 4.78 is 33.6. The molecule has 418 valence electrons. The van der Waals surface area contributed by atoms with Crippen molar-refractivity contribution in [3.8, 4) is 0 Å². The number of aliphatic hydroxyl groups excluding tert-OH is 7. The fourth-order valence-corrected chi connectivity index (χ4v) is 8.74. The number of allylic oxidation sites excluding steroid dienone is 8. The minimum absolute atomic E-state index is 0.138. The number of aliphatic hydroxyl groups is 7. The topological polar surface area (TPSA) is 231 Å². The number of rotatable bonds is 44. The Bertz CT molecular complexity index is 1440. The molecule has 0 saturated carbocycles. The number of ether oxygens (including phenoxy) is 6. The van der Waals surface area contributed by atoms with Crippen molar-refractivity contribution >= 4 is 11.9 Å². The molecular formula is C57H100O15. The van der Waals surface area contributed by atoms with Gasteiger partial charge in [-0.3, -0.25) is 9.59 Å². The largest absolute Gasteiger partial charge is 0.462 e. The van der Waals surface area contributed by atoms with E-state index in [0.717, 1.165) is 70.6 Å². The Hall–Kier alpha value is -2.54. The summed E-state index contributed by atoms with van der Waals surface area (Å²) in [6.45, 7) is 2.48. The molecule has 7 N–H and O–H groups in total. The maximum Gasteiger partial charge on any atom is 0.306 e. The second-order valence-electron chi connectivity index (χ2n) is 19.7. The van der Waals surface area contributed by atoms with E-state index >= 15 is 0 Å². The number of carbonyl (C=O) groups excluding carboxylic acids is 2. The maximum absolute atomic E-state index is 13.0. The van der Waals surface area contributed by atoms with Gasteiger partial charge in [0.25, 0.3) is 0 Å². The van der Waals surface area contributed by atoms with E-state index in [2.05, 4.69) is 62.5 Å². The van der Waals surface area contributed by atoms with Crippen molar-refractivity contribution in [2.45, 2.75) is 274 Å². The van der Waals surface area contributed by atoms with Crippen LogP contribution in [-0.4, -0.2) is 142 Å². The summed E-state index contributed by atoms with van der Waals surface area (Å²) in [4.78, 5) is 25.9. The number of hydrogen-bond donors (Lipinski definition) is 7. The van der Waals surface area contributed by atoms with Gasteiger partial charge in [0.05, 0.1) is 19.8 Å². The molecule has 72 heavy (non-hydrogen) atoms. The van der Waals surface area contributed by atoms with Crippen molar-refractivity contribution in [2.24, 2.45) is 0 Å². The van der Waals surface area contributed by atoms with Crippen LogP contribution in [0, 0.1) is 0 Å². The Kier molecular flexibility index (Phi) is 39.8. The van der Waals surface area contributed by atoms with E-state index in [1.807, 2.05) is 0 Å². The minimum Gasteiger partial charge on any atom is -0.462 e. The Morgan fingerprint density at radius 3 is 1.38 bits per heavy atom. The number of carbonyl (C=O) groups is 2. The monoisotopic (exact) mass is 1020 g/mol. The molecule has 0 aromatic carbocycles. The van der Waals surface area contributed by atoms with Gasteiger partial charge in [-0.2, -0.15) is 0 Å². The van der Waals surface area contributed by atoms with Crippen LogP contribution in [0.2, 0.25) is 0 Å². The SMILES string of the molecule is CC/C=C\C/C=C\C/C=C\C/C=C\CCCCCCC(=O)OC(COC(=O)CCCCCCCCCCCCCCCCCCCCC)COC1OC(COC2OC(CO)C(O)C(O)C2O)C(O)C(O)C1O. The van der Waals surface area contributed by atoms with Crippen LogP contribution >= 0.6 is 0 Å². The Balaban J connectivity index is 1.77. The van der Waals surface area contributed by atoms with E-state index in [0.29, 0.717) is 12.8 Å². The highest BCUT2D eigenvalue weighted by Crippen LogP contribution is 2.27. The van der Waals surface area contributed by atoms with E-state index in [-0.39, 0.29) is 19.4 Å². The van der Waals surface area contributed by atoms with E-state index in [1.165, 1.54) is 96.3 Å². The highest BCUT2D eigenvalue weighted by Gasteiger charge is 2.47. The summed E-state index contributed by atoms with van der Waals surface area (Å²) in [7, 11) is 0. The molecule has 0 aromatic rings. The third-order valence-electron chi connectivity index (χ3n) is 13.3. The first kappa shape index (κ1) is 65.6. The lowest BCUT2D eigenvalue weighted by molar-refractivity contribution is -0.332. The average molecular weight is 1030 g/mol. The number of unbranched alkanes of at least 4 members (excludes halogenated alkanes) is 22. The molecule has 2 heterocycles. The summed E-state index contributed by atoms with van der Waals surface area (Å²) in [5.41, 5.74) is 0. The molecule has 0 spiro atoms. The van der Waals surface area contributed by atoms with Gasteiger partial charge in [0, 0.05) is 12.8 Å². The van der Waals surface area contributed by atoms with Gasteiger partial charge in [-0.15, -0.1) is 0 Å². The van der Waals surface area contributed by atoms with Crippen molar-refractivity contribution in [1.82, 2.24) is 0 Å². The first-order valence-corrected chi connectivity index (χ1v) is 28.2. The third kappa shape index (κ3) is 30.7. The molecule has 0 radical (unpaired) electrons. The molecule has 2 rings (SSSR count). The molecule has 11 unspecified atom stereocenters. The van der Waals surface area contributed by atoms with Gasteiger partial charge < -0.3 is 64.2 Å². The molecule has 15 heteroatoms. The number of hydrogen-bond acceptors (Lipinski definition) is 15. The maximum atomic E-state index is 13.0. The summed E-state index contributed by atoms with van der Waals surface area (Å²) in [5.74, 6) is -0.946. The summed E-state index contributed by atoms with van der Waals surface area (Å²) in [6, 6.07) is 0. The second kappa shape index (κ2) is 43.7. The summed E-state index contributed by atoms with van der Waals surface area (Å²) in [6.07, 6.45) is 32.7. The Morgan fingerprint density at radius 1 is 0.458 bits per heavy atom. The van der Waals surface area contributed by atoms with Crippen LogP contribution in [-0.2, 0) is 38.0 Å². The van der Waals surface area contributed by atoms with Gasteiger partial charge in [-0.25, -0.2) is 0 Å². The van der Waals surface area contributed by atoms with Crippen molar-refractivity contribution in [3.05, 3.63) is 48.6 Å². The van der Waals surface area contributed by atoms with Crippen LogP contribution in [0.15, 0.2) is 48.6 Å². The van der Waals surface area contributed by atoms with Gasteiger partial charge in [0.2, 0.25) is 0 Å². The highest BCUT2D eigenvalue weighted by molar-refractivity contribution is 5.70. The average Bonchev–Trinajstić information content (AvgIpc) is 3.37. The standard InChI is InChI=1S/C57H100O15/c1-3-5-7-9-11-13-15-17-19-21-22-24-25-27-29-31-33-35-37-39-48(59)67-42-45(70-49(60)40-38-36-34-32-30-28-26-23-20-18-16-14-12-10-8-6-4-2)43-68-56-55(66)53(64)51(62)47(72-56)44-69-57-54(65)52(63)50(61)46(41-58)71-57/h6,8,12,14,18,20,26,28,45-47,50-58,61-66H,3-5,7,9-11,13,15-17,19,21-25,27,29-44H2,1-2H3/b8-6-,14-12-,20-18-,28-26-. The predicted molar refractivity (Wildman–Crippen MR) is 280 cm³/mol. The summed E-state index contributed by atoms with van der Waals surface area (Å²) in [5, 5.41) is 72.2. The summed E-state index contributed by atoms with van der Waals surface area (Å²) >= 11 is 0. The first-order valence-electron chi connectivity index (χ1n) is 28.2. The number of esters is 2. The molecule has 2 aliphatic heterocycles. The second-order valence-corrected chi connectivity index (χ2v) is 19.7. The zero-order chi connectivity index (χ0) is 52.4. The van der Waals surface area contributed by atoms with Crippen LogP contribution < -0.4 is 0 Å². The van der Waals surface area contributed by atoms with Crippen LogP contribution in [0.4, 0.5) is 0 Å². The lowest BCUT2D eigenvalue weighted by atomic mass is 9.98. The fraction of sp³-hybridized carbons (Fsp3) is 0.825. The van der Waals surface area contributed by atoms with Crippen molar-refractivity contribution in [2.75, 3.05) is 26.4 Å². The molecule has 2 fully saturated rings. The lowest BCUT2D eigenvalue weighted by Gasteiger charge is -2.42. The molecule has 11 atom stereocenters. The fourth-order valence-electron chi connectivity index (χ4n) is 8.74. The molecule has 0 amide bonds. The molecule has 2 saturated heterocycles. The molecular weight excluding hydrogens is 925 g/mol. The van der Waals surface area contributed by atoms with Gasteiger partial charge in [0.1, 0.15) is 55.4 Å². The van der Waals surface area contributed by atoms with E-state index in [4.69, 9.17) is 28.4 Å². The van der Waals surface area contributed by atoms with Gasteiger partial charge in [-0.05, 0) is 51.4 Å². The van der Waals surface area contributed by atoms with Crippen molar-refractivity contribution in [3.63, 3.8) is 0 Å². The molecule has 0 aliphatic carbocycles. The van der Waals surface area contributed by atoms with Crippen LogP contribution in [0.3, 0.4) is 0 Å². The molecule has 0 aromatic heterocycles. The minimum atomic E-state index is -1.77. The third-order valence-corrected chi connectivity index (χ3v) is 13.3. The zero-order valence-corrected chi connectivity index (χ0v) is 44.4. The lowest BCUT2D eigenvalue weighted by Crippen LogP contribution is -2.61. The van der Waals surface area contributed by atoms with Gasteiger partial charge in [-0.1, -0.05) is 191 Å². The Morgan fingerprint density at radius 2 is 0.875 bits per heavy atom. The normalized spacial score (nSPS) is 25.3. The highest BCUT2D eigenvalue weighted by atomic mass is 16.7. The van der Waals surface area contributed by atoms with Gasteiger partial charge >= 0.3 is 11.9 Å². The van der Waals surface area contributed by atoms with Crippen molar-refractivity contribution < 1.29 is 73.8 Å². The van der Waals surface area contributed by atoms with E-state index < -0.39 is 99.3 Å². The van der Waals surface area contributed by atoms with E-state index in [9.17, 15) is 45.3 Å². The first-order chi connectivity index (χ1) is 35.0. The van der Waals surface area contributed by atoms with Crippen LogP contribution in [0.1, 0.15) is 206 Å². The molecule has 0 bridgehead atoms. The smallest absolute Gasteiger partial charge is 0.306 e. The quantitative estimate of drug-likeness (QED) is 0.0171. The van der Waals surface area contributed by atoms with Gasteiger partial charge in [0.15, 0.2) is 18.7 Å². The van der Waals surface area contributed by atoms with Crippen LogP contribution in [0.25, 0.3) is 0 Å². The van der Waals surface area contributed by atoms with Crippen molar-refractivity contribution in [1.29, 1.82) is 0 Å². The molecule has 2 aliphatic rings. The molecule has 15 nitrogen and oxygen atoms in total. The van der Waals surface area contributed by atoms with Crippen LogP contribution in [0.5, 0.6) is 0 Å². The predicted octanol–water partition coefficient (Wildman–Crippen LogP) is 9.05. The Labute approximate surface area is 433 Å².